The number of benzene rings is 1. The summed E-state index contributed by atoms with van der Waals surface area (Å²) in [5.41, 5.74) is 2.05. The number of nitrogens with one attached hydrogen (secondary N) is 1. The van der Waals surface area contributed by atoms with E-state index in [1.165, 1.54) is 4.68 Å². The minimum Gasteiger partial charge on any atom is -0.309 e. The van der Waals surface area contributed by atoms with Crippen molar-refractivity contribution in [3.63, 3.8) is 0 Å². The fourth-order valence-corrected chi connectivity index (χ4v) is 2.39. The van der Waals surface area contributed by atoms with Crippen LogP contribution in [0.1, 0.15) is 18.3 Å². The second-order valence-electron chi connectivity index (χ2n) is 4.44. The van der Waals surface area contributed by atoms with Crippen molar-refractivity contribution >= 4 is 29.5 Å². The Hall–Kier alpha value is -2.28. The average molecular weight is 287 g/mol. The van der Waals surface area contributed by atoms with Crippen LogP contribution in [0.2, 0.25) is 0 Å². The first-order valence-electron chi connectivity index (χ1n) is 6.26. The molecule has 0 aliphatic carbocycles. The maximum atomic E-state index is 12.3. The smallest absolute Gasteiger partial charge is 0.279 e. The number of aromatic nitrogens is 3. The van der Waals surface area contributed by atoms with E-state index in [-0.39, 0.29) is 5.91 Å². The Morgan fingerprint density at radius 2 is 2.15 bits per heavy atom. The van der Waals surface area contributed by atoms with Crippen LogP contribution in [-0.2, 0) is 11.2 Å². The first kappa shape index (κ1) is 12.7. The number of rotatable bonds is 2. The summed E-state index contributed by atoms with van der Waals surface area (Å²) in [6.07, 6.45) is 0.676. The van der Waals surface area contributed by atoms with E-state index in [1.807, 2.05) is 31.2 Å². The number of anilines is 1. The highest BCUT2D eigenvalue weighted by molar-refractivity contribution is 7.71. The highest BCUT2D eigenvalue weighted by Crippen LogP contribution is 2.27. The summed E-state index contributed by atoms with van der Waals surface area (Å²) in [6.45, 7) is 1.96. The van der Waals surface area contributed by atoms with E-state index in [0.717, 1.165) is 11.3 Å². The van der Waals surface area contributed by atoms with Gasteiger partial charge in [-0.15, -0.1) is 0 Å². The molecule has 0 spiro atoms. The predicted molar refractivity (Wildman–Crippen MR) is 78.6 cm³/mol. The van der Waals surface area contributed by atoms with E-state index in [1.54, 1.807) is 11.9 Å². The van der Waals surface area contributed by atoms with Gasteiger partial charge in [-0.1, -0.05) is 25.1 Å². The fraction of sp³-hybridized carbons (Fsp3) is 0.231. The maximum Gasteiger partial charge on any atom is 0.279 e. The van der Waals surface area contributed by atoms with E-state index < -0.39 is 0 Å². The molecule has 2 aromatic rings. The number of hydrogen-bond donors (Lipinski definition) is 1. The molecule has 0 radical (unpaired) electrons. The minimum absolute atomic E-state index is 0.142. The molecule has 0 fully saturated rings. The zero-order valence-electron chi connectivity index (χ0n) is 11.1. The van der Waals surface area contributed by atoms with Crippen LogP contribution < -0.4 is 4.90 Å². The van der Waals surface area contributed by atoms with E-state index in [0.29, 0.717) is 22.7 Å². The Labute approximate surface area is 120 Å². The quantitative estimate of drug-likeness (QED) is 0.855. The van der Waals surface area contributed by atoms with E-state index in [2.05, 4.69) is 15.3 Å². The molecule has 1 N–H and O–H groups in total. The van der Waals surface area contributed by atoms with Crippen molar-refractivity contribution in [3.05, 3.63) is 40.4 Å². The van der Waals surface area contributed by atoms with Gasteiger partial charge in [0.2, 0.25) is 4.77 Å². The van der Waals surface area contributed by atoms with Gasteiger partial charge in [0.1, 0.15) is 0 Å². The summed E-state index contributed by atoms with van der Waals surface area (Å²) in [5, 5.41) is 11.2. The van der Waals surface area contributed by atoms with Gasteiger partial charge in [0.15, 0.2) is 11.5 Å². The number of H-pyrrole nitrogens is 1. The molecule has 1 aliphatic heterocycles. The molecule has 3 rings (SSSR count). The SMILES string of the molecule is CCc1n[nH]c(=S)n1/N=C1\C(=O)N(C)c2ccccc21. The molecule has 0 saturated heterocycles. The van der Waals surface area contributed by atoms with E-state index in [4.69, 9.17) is 12.2 Å². The van der Waals surface area contributed by atoms with Crippen molar-refractivity contribution in [2.24, 2.45) is 5.10 Å². The molecule has 1 amide bonds. The van der Waals surface area contributed by atoms with Crippen LogP contribution in [0.5, 0.6) is 0 Å². The summed E-state index contributed by atoms with van der Waals surface area (Å²) in [7, 11) is 1.74. The lowest BCUT2D eigenvalue weighted by Gasteiger charge is -2.07. The number of likely N-dealkylation sites (N-methyl/N-ethyl adjacent to an activating group) is 1. The lowest BCUT2D eigenvalue weighted by Crippen LogP contribution is -2.26. The van der Waals surface area contributed by atoms with Crippen LogP contribution in [0, 0.1) is 4.77 Å². The second-order valence-corrected chi connectivity index (χ2v) is 4.83. The third kappa shape index (κ3) is 1.78. The molecular weight excluding hydrogens is 274 g/mol. The van der Waals surface area contributed by atoms with E-state index >= 15 is 0 Å². The highest BCUT2D eigenvalue weighted by atomic mass is 32.1. The molecule has 1 aliphatic rings. The third-order valence-electron chi connectivity index (χ3n) is 3.26. The number of nitrogens with zero attached hydrogens (tertiary/aromatic N) is 4. The summed E-state index contributed by atoms with van der Waals surface area (Å²) in [5.74, 6) is 0.554. The Morgan fingerprint density at radius 1 is 1.40 bits per heavy atom. The molecule has 1 aromatic heterocycles. The Kier molecular flexibility index (Phi) is 2.98. The Morgan fingerprint density at radius 3 is 2.90 bits per heavy atom. The van der Waals surface area contributed by atoms with Crippen molar-refractivity contribution in [2.45, 2.75) is 13.3 Å². The molecule has 2 heterocycles. The Balaban J connectivity index is 2.20. The van der Waals surface area contributed by atoms with Crippen LogP contribution >= 0.6 is 12.2 Å². The van der Waals surface area contributed by atoms with Crippen molar-refractivity contribution in [1.29, 1.82) is 0 Å². The number of aryl methyl sites for hydroxylation is 1. The number of fused-ring (bicyclic) bond motifs is 1. The lowest BCUT2D eigenvalue weighted by atomic mass is 10.1. The van der Waals surface area contributed by atoms with E-state index in [9.17, 15) is 4.79 Å². The molecule has 0 bridgehead atoms. The molecule has 0 unspecified atom stereocenters. The number of carbonyl (C=O) groups is 1. The van der Waals surface area contributed by atoms with Gasteiger partial charge in [-0.05, 0) is 18.3 Å². The normalized spacial score (nSPS) is 16.0. The molecule has 20 heavy (non-hydrogen) atoms. The molecular formula is C13H13N5OS. The van der Waals surface area contributed by atoms with Gasteiger partial charge in [-0.2, -0.15) is 14.9 Å². The molecule has 1 aromatic carbocycles. The Bertz CT molecular complexity index is 773. The molecule has 7 heteroatoms. The average Bonchev–Trinajstić information content (AvgIpc) is 2.93. The van der Waals surface area contributed by atoms with Crippen LogP contribution in [0.3, 0.4) is 0 Å². The summed E-state index contributed by atoms with van der Waals surface area (Å²) < 4.78 is 1.90. The van der Waals surface area contributed by atoms with Crippen LogP contribution in [0.25, 0.3) is 0 Å². The summed E-state index contributed by atoms with van der Waals surface area (Å²) >= 11 is 5.15. The largest absolute Gasteiger partial charge is 0.309 e. The minimum atomic E-state index is -0.142. The zero-order chi connectivity index (χ0) is 14.3. The number of carbonyl (C=O) groups excluding carboxylic acids is 1. The van der Waals surface area contributed by atoms with Crippen molar-refractivity contribution in [1.82, 2.24) is 14.9 Å². The standard InChI is InChI=1S/C13H13N5OS/c1-3-10-14-15-13(20)18(10)16-11-8-6-4-5-7-9(8)17(2)12(11)19/h4-7H,3H2,1-2H3,(H,15,20)/b16-11-. The maximum absolute atomic E-state index is 12.3. The second kappa shape index (κ2) is 4.68. The van der Waals surface area contributed by atoms with Gasteiger partial charge in [0, 0.05) is 19.0 Å². The fourth-order valence-electron chi connectivity index (χ4n) is 2.20. The predicted octanol–water partition coefficient (Wildman–Crippen LogP) is 1.73. The molecule has 0 atom stereocenters. The van der Waals surface area contributed by atoms with Crippen molar-refractivity contribution < 1.29 is 4.79 Å². The van der Waals surface area contributed by atoms with Crippen molar-refractivity contribution in [3.8, 4) is 0 Å². The topological polar surface area (TPSA) is 66.3 Å². The van der Waals surface area contributed by atoms with Gasteiger partial charge >= 0.3 is 0 Å². The van der Waals surface area contributed by atoms with Gasteiger partial charge in [-0.3, -0.25) is 9.89 Å². The number of aromatic amines is 1. The molecule has 102 valence electrons. The summed E-state index contributed by atoms with van der Waals surface area (Å²) in [4.78, 5) is 13.9. The molecule has 0 saturated carbocycles. The summed E-state index contributed by atoms with van der Waals surface area (Å²) in [6, 6.07) is 7.55. The number of amides is 1. The number of hydrogen-bond acceptors (Lipinski definition) is 4. The van der Waals surface area contributed by atoms with Crippen LogP contribution in [0.15, 0.2) is 29.4 Å². The van der Waals surface area contributed by atoms with Crippen LogP contribution in [-0.4, -0.2) is 33.5 Å². The first-order valence-corrected chi connectivity index (χ1v) is 6.67. The van der Waals surface area contributed by atoms with Gasteiger partial charge in [0.05, 0.1) is 5.69 Å². The highest BCUT2D eigenvalue weighted by Gasteiger charge is 2.31. The van der Waals surface area contributed by atoms with Gasteiger partial charge in [-0.25, -0.2) is 0 Å². The molecule has 6 nitrogen and oxygen atoms in total. The van der Waals surface area contributed by atoms with Crippen LogP contribution in [0.4, 0.5) is 5.69 Å². The lowest BCUT2D eigenvalue weighted by molar-refractivity contribution is -0.112. The zero-order valence-corrected chi connectivity index (χ0v) is 11.9. The first-order chi connectivity index (χ1) is 9.63. The van der Waals surface area contributed by atoms with Gasteiger partial charge in [0.25, 0.3) is 5.91 Å². The van der Waals surface area contributed by atoms with Gasteiger partial charge < -0.3 is 4.90 Å². The third-order valence-corrected chi connectivity index (χ3v) is 3.53. The van der Waals surface area contributed by atoms with Crippen molar-refractivity contribution in [2.75, 3.05) is 11.9 Å². The monoisotopic (exact) mass is 287 g/mol. The number of para-hydroxylation sites is 1.